The highest BCUT2D eigenvalue weighted by Crippen LogP contribution is 2.23. The van der Waals surface area contributed by atoms with E-state index in [9.17, 15) is 0 Å². The largest absolute Gasteiger partial charge is 0.363 e. The zero-order valence-electron chi connectivity index (χ0n) is 7.65. The van der Waals surface area contributed by atoms with Crippen molar-refractivity contribution in [3.8, 4) is 0 Å². The van der Waals surface area contributed by atoms with Crippen molar-refractivity contribution in [2.24, 2.45) is 5.92 Å². The molecule has 1 nitrogen and oxygen atoms in total. The molecule has 0 aromatic heterocycles. The van der Waals surface area contributed by atoms with E-state index in [0.29, 0.717) is 0 Å². The van der Waals surface area contributed by atoms with E-state index in [4.69, 9.17) is 0 Å². The van der Waals surface area contributed by atoms with Crippen LogP contribution < -0.4 is 5.32 Å². The van der Waals surface area contributed by atoms with Gasteiger partial charge in [0.05, 0.1) is 0 Å². The summed E-state index contributed by atoms with van der Waals surface area (Å²) in [5.74, 6) is 0.800. The molecule has 0 aromatic rings. The lowest BCUT2D eigenvalue weighted by Gasteiger charge is -2.25. The Hall–Kier alpha value is -0.720. The van der Waals surface area contributed by atoms with Gasteiger partial charge < -0.3 is 5.32 Å². The Balaban J connectivity index is 2.65. The van der Waals surface area contributed by atoms with Crippen LogP contribution in [0.4, 0.5) is 0 Å². The summed E-state index contributed by atoms with van der Waals surface area (Å²) in [6, 6.07) is 0. The topological polar surface area (TPSA) is 12.0 Å². The summed E-state index contributed by atoms with van der Waals surface area (Å²) in [6.07, 6.45) is 6.74. The number of nitrogens with one attached hydrogen (secondary N) is 1. The third kappa shape index (κ3) is 2.11. The van der Waals surface area contributed by atoms with E-state index >= 15 is 0 Å². The third-order valence-corrected chi connectivity index (χ3v) is 2.15. The highest BCUT2D eigenvalue weighted by Gasteiger charge is 2.14. The van der Waals surface area contributed by atoms with E-state index < -0.39 is 0 Å². The SMILES string of the molecule is C/C=C1/CC(C)C/C(=C\C)N1. The molecule has 0 amide bonds. The van der Waals surface area contributed by atoms with Crippen LogP contribution in [-0.4, -0.2) is 0 Å². The van der Waals surface area contributed by atoms with Crippen LogP contribution in [0, 0.1) is 5.92 Å². The van der Waals surface area contributed by atoms with Crippen LogP contribution >= 0.6 is 0 Å². The molecule has 0 aliphatic carbocycles. The van der Waals surface area contributed by atoms with Gasteiger partial charge in [0, 0.05) is 11.4 Å². The Morgan fingerprint density at radius 1 is 1.18 bits per heavy atom. The second kappa shape index (κ2) is 3.61. The molecule has 0 aromatic carbocycles. The van der Waals surface area contributed by atoms with Gasteiger partial charge in [-0.1, -0.05) is 19.1 Å². The molecule has 1 aliphatic heterocycles. The number of hydrogen-bond donors (Lipinski definition) is 1. The molecule has 1 rings (SSSR count). The Bertz CT molecular complexity index is 169. The predicted octanol–water partition coefficient (Wildman–Crippen LogP) is 2.81. The van der Waals surface area contributed by atoms with E-state index in [2.05, 4.69) is 38.2 Å². The lowest BCUT2D eigenvalue weighted by molar-refractivity contribution is 0.498. The average molecular weight is 151 g/mol. The van der Waals surface area contributed by atoms with Crippen LogP contribution in [0.2, 0.25) is 0 Å². The molecule has 1 fully saturated rings. The lowest BCUT2D eigenvalue weighted by atomic mass is 9.95. The second-order valence-corrected chi connectivity index (χ2v) is 3.27. The maximum Gasteiger partial charge on any atom is 0.0108 e. The van der Waals surface area contributed by atoms with Crippen molar-refractivity contribution in [3.63, 3.8) is 0 Å². The zero-order valence-corrected chi connectivity index (χ0v) is 7.65. The molecular weight excluding hydrogens is 134 g/mol. The minimum absolute atomic E-state index is 0.800. The number of hydrogen-bond acceptors (Lipinski definition) is 1. The van der Waals surface area contributed by atoms with Crippen molar-refractivity contribution in [2.45, 2.75) is 33.6 Å². The molecule has 1 aliphatic rings. The maximum atomic E-state index is 3.41. The maximum absolute atomic E-state index is 3.41. The van der Waals surface area contributed by atoms with Gasteiger partial charge in [-0.05, 0) is 32.6 Å². The summed E-state index contributed by atoms with van der Waals surface area (Å²) in [5, 5.41) is 3.41. The minimum atomic E-state index is 0.800. The fourth-order valence-electron chi connectivity index (χ4n) is 1.51. The fourth-order valence-corrected chi connectivity index (χ4v) is 1.51. The molecule has 1 heterocycles. The van der Waals surface area contributed by atoms with Crippen LogP contribution in [0.15, 0.2) is 23.5 Å². The first-order chi connectivity index (χ1) is 5.26. The molecular formula is C10H17N. The Kier molecular flexibility index (Phi) is 2.75. The van der Waals surface area contributed by atoms with E-state index in [1.807, 2.05) is 0 Å². The van der Waals surface area contributed by atoms with Crippen LogP contribution in [0.5, 0.6) is 0 Å². The minimum Gasteiger partial charge on any atom is -0.363 e. The summed E-state index contributed by atoms with van der Waals surface area (Å²) in [4.78, 5) is 0. The van der Waals surface area contributed by atoms with Crippen LogP contribution in [-0.2, 0) is 0 Å². The molecule has 1 atom stereocenters. The molecule has 0 bridgehead atoms. The Morgan fingerprint density at radius 2 is 1.64 bits per heavy atom. The normalized spacial score (nSPS) is 32.5. The second-order valence-electron chi connectivity index (χ2n) is 3.27. The Labute approximate surface area is 69.2 Å². The summed E-state index contributed by atoms with van der Waals surface area (Å²) in [5.41, 5.74) is 2.74. The predicted molar refractivity (Wildman–Crippen MR) is 49.0 cm³/mol. The monoisotopic (exact) mass is 151 g/mol. The van der Waals surface area contributed by atoms with E-state index in [0.717, 1.165) is 5.92 Å². The fraction of sp³-hybridized carbons (Fsp3) is 0.600. The standard InChI is InChI=1S/C10H17N/c1-4-9-6-8(3)7-10(5-2)11-9/h4-5,8,11H,6-7H2,1-3H3/b9-4-,10-5+. The molecule has 1 unspecified atom stereocenters. The number of rotatable bonds is 0. The number of allylic oxidation sites excluding steroid dienone is 4. The van der Waals surface area contributed by atoms with Crippen molar-refractivity contribution in [3.05, 3.63) is 23.5 Å². The van der Waals surface area contributed by atoms with Gasteiger partial charge in [-0.3, -0.25) is 0 Å². The zero-order chi connectivity index (χ0) is 8.27. The summed E-state index contributed by atoms with van der Waals surface area (Å²) in [7, 11) is 0. The quantitative estimate of drug-likeness (QED) is 0.561. The average Bonchev–Trinajstić information content (AvgIpc) is 2.03. The number of piperidine rings is 1. The van der Waals surface area contributed by atoms with Gasteiger partial charge in [0.1, 0.15) is 0 Å². The van der Waals surface area contributed by atoms with Gasteiger partial charge >= 0.3 is 0 Å². The van der Waals surface area contributed by atoms with Crippen LogP contribution in [0.1, 0.15) is 33.6 Å². The van der Waals surface area contributed by atoms with E-state index in [-0.39, 0.29) is 0 Å². The van der Waals surface area contributed by atoms with Gasteiger partial charge in [0.25, 0.3) is 0 Å². The highest BCUT2D eigenvalue weighted by molar-refractivity contribution is 5.15. The van der Waals surface area contributed by atoms with Crippen molar-refractivity contribution in [1.82, 2.24) is 5.32 Å². The van der Waals surface area contributed by atoms with E-state index in [1.54, 1.807) is 0 Å². The molecule has 0 radical (unpaired) electrons. The van der Waals surface area contributed by atoms with Crippen LogP contribution in [0.25, 0.3) is 0 Å². The molecule has 0 saturated carbocycles. The molecule has 11 heavy (non-hydrogen) atoms. The van der Waals surface area contributed by atoms with Crippen molar-refractivity contribution in [1.29, 1.82) is 0 Å². The molecule has 0 spiro atoms. The van der Waals surface area contributed by atoms with Crippen molar-refractivity contribution >= 4 is 0 Å². The van der Waals surface area contributed by atoms with Crippen molar-refractivity contribution < 1.29 is 0 Å². The third-order valence-electron chi connectivity index (χ3n) is 2.15. The molecule has 1 N–H and O–H groups in total. The van der Waals surface area contributed by atoms with Gasteiger partial charge in [-0.2, -0.15) is 0 Å². The van der Waals surface area contributed by atoms with Gasteiger partial charge in [0.2, 0.25) is 0 Å². The molecule has 62 valence electrons. The molecule has 1 heteroatoms. The summed E-state index contributed by atoms with van der Waals surface area (Å²) >= 11 is 0. The Morgan fingerprint density at radius 3 is 2.00 bits per heavy atom. The first-order valence-electron chi connectivity index (χ1n) is 4.33. The highest BCUT2D eigenvalue weighted by atomic mass is 14.9. The molecule has 1 saturated heterocycles. The van der Waals surface area contributed by atoms with Gasteiger partial charge in [-0.25, -0.2) is 0 Å². The van der Waals surface area contributed by atoms with Crippen LogP contribution in [0.3, 0.4) is 0 Å². The smallest absolute Gasteiger partial charge is 0.0108 e. The van der Waals surface area contributed by atoms with E-state index in [1.165, 1.54) is 24.2 Å². The van der Waals surface area contributed by atoms with Gasteiger partial charge in [-0.15, -0.1) is 0 Å². The van der Waals surface area contributed by atoms with Gasteiger partial charge in [0.15, 0.2) is 0 Å². The van der Waals surface area contributed by atoms with Crippen molar-refractivity contribution in [2.75, 3.05) is 0 Å². The summed E-state index contributed by atoms with van der Waals surface area (Å²) in [6.45, 7) is 6.48. The first kappa shape index (κ1) is 8.38. The lowest BCUT2D eigenvalue weighted by Crippen LogP contribution is -2.22. The first-order valence-corrected chi connectivity index (χ1v) is 4.33. The summed E-state index contributed by atoms with van der Waals surface area (Å²) < 4.78 is 0.